The molecule has 0 aromatic heterocycles. The predicted molar refractivity (Wildman–Crippen MR) is 70.7 cm³/mol. The minimum Gasteiger partial charge on any atom is -0.382 e. The van der Waals surface area contributed by atoms with Crippen LogP contribution in [0.25, 0.3) is 0 Å². The fourth-order valence-electron chi connectivity index (χ4n) is 2.40. The Morgan fingerprint density at radius 1 is 1.59 bits per heavy atom. The fraction of sp³-hybridized carbons (Fsp3) is 0.917. The molecule has 0 aliphatic carbocycles. The second-order valence-corrected chi connectivity index (χ2v) is 5.07. The van der Waals surface area contributed by atoms with E-state index in [1.165, 1.54) is 12.8 Å². The highest BCUT2D eigenvalue weighted by Gasteiger charge is 2.25. The Bertz CT molecular complexity index is 257. The van der Waals surface area contributed by atoms with Gasteiger partial charge in [0, 0.05) is 19.7 Å². The number of hydrogen-bond donors (Lipinski definition) is 2. The zero-order chi connectivity index (χ0) is 12.8. The standard InChI is InChI=1S/C12H26N4O/c1-9-5-6-16(11(3)7-9)12(15-13)14-10(2)8-17-4/h9-11H,5-8,13H2,1-4H3,(H,14,15). The number of hydrogen-bond acceptors (Lipinski definition) is 3. The molecular formula is C12H26N4O. The molecule has 5 heteroatoms. The molecule has 1 heterocycles. The quantitative estimate of drug-likeness (QED) is 0.335. The summed E-state index contributed by atoms with van der Waals surface area (Å²) in [4.78, 5) is 6.82. The number of rotatable bonds is 3. The molecule has 1 aliphatic heterocycles. The molecule has 0 bridgehead atoms. The Morgan fingerprint density at radius 3 is 2.82 bits per heavy atom. The molecule has 1 rings (SSSR count). The van der Waals surface area contributed by atoms with Gasteiger partial charge in [-0.05, 0) is 32.6 Å². The number of methoxy groups -OCH3 is 1. The number of hydrazine groups is 1. The van der Waals surface area contributed by atoms with Gasteiger partial charge in [0.15, 0.2) is 0 Å². The number of aliphatic imine (C=N–C) groups is 1. The van der Waals surface area contributed by atoms with Crippen LogP contribution in [0.15, 0.2) is 4.99 Å². The number of guanidine groups is 1. The third-order valence-corrected chi connectivity index (χ3v) is 3.29. The van der Waals surface area contributed by atoms with Crippen molar-refractivity contribution >= 4 is 5.96 Å². The largest absolute Gasteiger partial charge is 0.382 e. The van der Waals surface area contributed by atoms with E-state index >= 15 is 0 Å². The summed E-state index contributed by atoms with van der Waals surface area (Å²) in [6, 6.07) is 0.612. The van der Waals surface area contributed by atoms with E-state index in [-0.39, 0.29) is 6.04 Å². The van der Waals surface area contributed by atoms with Gasteiger partial charge in [-0.3, -0.25) is 5.43 Å². The molecule has 17 heavy (non-hydrogen) atoms. The maximum Gasteiger partial charge on any atom is 0.208 e. The average Bonchev–Trinajstić information content (AvgIpc) is 2.27. The highest BCUT2D eigenvalue weighted by Crippen LogP contribution is 2.22. The van der Waals surface area contributed by atoms with Gasteiger partial charge in [0.1, 0.15) is 0 Å². The van der Waals surface area contributed by atoms with Crippen molar-refractivity contribution in [3.05, 3.63) is 0 Å². The van der Waals surface area contributed by atoms with Crippen LogP contribution in [0.3, 0.4) is 0 Å². The molecular weight excluding hydrogens is 216 g/mol. The predicted octanol–water partition coefficient (Wildman–Crippen LogP) is 0.961. The average molecular weight is 242 g/mol. The van der Waals surface area contributed by atoms with Crippen LogP contribution in [0.5, 0.6) is 0 Å². The summed E-state index contributed by atoms with van der Waals surface area (Å²) in [6.45, 7) is 8.19. The van der Waals surface area contributed by atoms with E-state index in [4.69, 9.17) is 10.6 Å². The third-order valence-electron chi connectivity index (χ3n) is 3.29. The Labute approximate surface area is 104 Å². The Hall–Kier alpha value is -0.810. The number of ether oxygens (including phenoxy) is 1. The van der Waals surface area contributed by atoms with Crippen molar-refractivity contribution in [2.45, 2.75) is 45.7 Å². The molecule has 1 aliphatic rings. The van der Waals surface area contributed by atoms with E-state index in [1.54, 1.807) is 7.11 Å². The zero-order valence-electron chi connectivity index (χ0n) is 11.4. The molecule has 1 fully saturated rings. The van der Waals surface area contributed by atoms with E-state index in [0.29, 0.717) is 12.6 Å². The summed E-state index contributed by atoms with van der Waals surface area (Å²) in [6.07, 6.45) is 2.39. The lowest BCUT2D eigenvalue weighted by Gasteiger charge is -2.38. The monoisotopic (exact) mass is 242 g/mol. The van der Waals surface area contributed by atoms with E-state index in [9.17, 15) is 0 Å². The van der Waals surface area contributed by atoms with E-state index in [0.717, 1.165) is 18.4 Å². The molecule has 5 nitrogen and oxygen atoms in total. The van der Waals surface area contributed by atoms with Crippen LogP contribution in [-0.2, 0) is 4.74 Å². The van der Waals surface area contributed by atoms with Crippen LogP contribution < -0.4 is 11.3 Å². The molecule has 0 saturated carbocycles. The van der Waals surface area contributed by atoms with Crippen LogP contribution in [-0.4, -0.2) is 43.2 Å². The molecule has 3 atom stereocenters. The lowest BCUT2D eigenvalue weighted by atomic mass is 9.94. The molecule has 0 aromatic carbocycles. The van der Waals surface area contributed by atoms with Gasteiger partial charge in [-0.2, -0.15) is 0 Å². The zero-order valence-corrected chi connectivity index (χ0v) is 11.4. The van der Waals surface area contributed by atoms with Gasteiger partial charge in [0.25, 0.3) is 0 Å². The summed E-state index contributed by atoms with van der Waals surface area (Å²) in [7, 11) is 1.69. The molecule has 3 N–H and O–H groups in total. The first-order valence-electron chi connectivity index (χ1n) is 6.38. The van der Waals surface area contributed by atoms with Gasteiger partial charge in [0.05, 0.1) is 12.6 Å². The van der Waals surface area contributed by atoms with Crippen molar-refractivity contribution in [3.8, 4) is 0 Å². The first-order chi connectivity index (χ1) is 8.08. The van der Waals surface area contributed by atoms with Crippen molar-refractivity contribution in [1.82, 2.24) is 10.3 Å². The minimum absolute atomic E-state index is 0.123. The summed E-state index contributed by atoms with van der Waals surface area (Å²) in [5.74, 6) is 7.16. The molecule has 3 unspecified atom stereocenters. The summed E-state index contributed by atoms with van der Waals surface area (Å²) in [5.41, 5.74) is 2.73. The molecule has 0 amide bonds. The summed E-state index contributed by atoms with van der Waals surface area (Å²) >= 11 is 0. The van der Waals surface area contributed by atoms with Crippen molar-refractivity contribution in [3.63, 3.8) is 0 Å². The van der Waals surface area contributed by atoms with Gasteiger partial charge in [-0.25, -0.2) is 10.8 Å². The van der Waals surface area contributed by atoms with Crippen molar-refractivity contribution in [2.24, 2.45) is 16.8 Å². The van der Waals surface area contributed by atoms with Crippen molar-refractivity contribution in [1.29, 1.82) is 0 Å². The van der Waals surface area contributed by atoms with Crippen molar-refractivity contribution < 1.29 is 4.74 Å². The first kappa shape index (κ1) is 14.3. The minimum atomic E-state index is 0.123. The topological polar surface area (TPSA) is 62.9 Å². The van der Waals surface area contributed by atoms with Crippen molar-refractivity contribution in [2.75, 3.05) is 20.3 Å². The number of nitrogens with two attached hydrogens (primary N) is 1. The van der Waals surface area contributed by atoms with Crippen LogP contribution in [0.1, 0.15) is 33.6 Å². The molecule has 100 valence electrons. The Morgan fingerprint density at radius 2 is 2.29 bits per heavy atom. The second-order valence-electron chi connectivity index (χ2n) is 5.07. The SMILES string of the molecule is COCC(C)N=C(NN)N1CCC(C)CC1C. The highest BCUT2D eigenvalue weighted by atomic mass is 16.5. The van der Waals surface area contributed by atoms with Gasteiger partial charge in [-0.1, -0.05) is 6.92 Å². The number of piperidine rings is 1. The van der Waals surface area contributed by atoms with Crippen LogP contribution in [0, 0.1) is 5.92 Å². The van der Waals surface area contributed by atoms with E-state index in [1.807, 2.05) is 6.92 Å². The van der Waals surface area contributed by atoms with Gasteiger partial charge in [-0.15, -0.1) is 0 Å². The fourth-order valence-corrected chi connectivity index (χ4v) is 2.40. The normalized spacial score (nSPS) is 28.1. The van der Waals surface area contributed by atoms with Gasteiger partial charge in [0.2, 0.25) is 5.96 Å². The summed E-state index contributed by atoms with van der Waals surface area (Å²) in [5, 5.41) is 0. The summed E-state index contributed by atoms with van der Waals surface area (Å²) < 4.78 is 5.09. The Kier molecular flexibility index (Phi) is 5.71. The van der Waals surface area contributed by atoms with Crippen LogP contribution in [0.4, 0.5) is 0 Å². The second kappa shape index (κ2) is 6.81. The number of nitrogens with zero attached hydrogens (tertiary/aromatic N) is 2. The maximum atomic E-state index is 5.58. The van der Waals surface area contributed by atoms with Gasteiger partial charge >= 0.3 is 0 Å². The lowest BCUT2D eigenvalue weighted by molar-refractivity contribution is 0.180. The van der Waals surface area contributed by atoms with E-state index < -0.39 is 0 Å². The molecule has 0 spiro atoms. The maximum absolute atomic E-state index is 5.58. The first-order valence-corrected chi connectivity index (χ1v) is 6.38. The highest BCUT2D eigenvalue weighted by molar-refractivity contribution is 5.80. The van der Waals surface area contributed by atoms with E-state index in [2.05, 4.69) is 29.2 Å². The Balaban J connectivity index is 2.66. The van der Waals surface area contributed by atoms with Crippen LogP contribution >= 0.6 is 0 Å². The van der Waals surface area contributed by atoms with Gasteiger partial charge < -0.3 is 9.64 Å². The van der Waals surface area contributed by atoms with Crippen LogP contribution in [0.2, 0.25) is 0 Å². The lowest BCUT2D eigenvalue weighted by Crippen LogP contribution is -2.52. The molecule has 0 aromatic rings. The number of nitrogens with one attached hydrogen (secondary N) is 1. The third kappa shape index (κ3) is 4.16. The molecule has 1 saturated heterocycles. The smallest absolute Gasteiger partial charge is 0.208 e. The molecule has 0 radical (unpaired) electrons. The number of likely N-dealkylation sites (tertiary alicyclic amines) is 1.